The van der Waals surface area contributed by atoms with Gasteiger partial charge in [-0.15, -0.1) is 57.1 Å². The molecule has 0 fully saturated rings. The number of aliphatic hydroxyl groups is 5. The molecule has 5 aliphatic rings. The van der Waals surface area contributed by atoms with Crippen LogP contribution in [0.4, 0.5) is 0 Å². The number of esters is 1. The molecule has 5 aromatic rings. The van der Waals surface area contributed by atoms with Crippen LogP contribution in [-0.2, 0) is 48.5 Å². The van der Waals surface area contributed by atoms with E-state index in [0.717, 1.165) is 57.1 Å². The molecule has 0 saturated heterocycles. The van der Waals surface area contributed by atoms with Gasteiger partial charge in [0.2, 0.25) is 17.7 Å². The number of allylic oxidation sites excluding steroid dienone is 2. The number of ether oxygens (including phenoxy) is 1. The van der Waals surface area contributed by atoms with Gasteiger partial charge in [0.1, 0.15) is 91.0 Å². The number of cyclic esters (lactones) is 1. The average molecular weight is 1650 g/mol. The number of carbonyl (C=O) groups is 12. The zero-order valence-corrected chi connectivity index (χ0v) is 67.0. The fourth-order valence-electron chi connectivity index (χ4n) is 13.0. The van der Waals surface area contributed by atoms with Crippen LogP contribution in [0.5, 0.6) is 0 Å². The van der Waals surface area contributed by atoms with Crippen LogP contribution < -0.4 is 48.3 Å². The minimum Gasteiger partial charge on any atom is -0.455 e. The maximum atomic E-state index is 15.6. The summed E-state index contributed by atoms with van der Waals surface area (Å²) in [5.41, 5.74) is -0.812. The third kappa shape index (κ3) is 18.8. The van der Waals surface area contributed by atoms with Gasteiger partial charge >= 0.3 is 5.97 Å². The van der Waals surface area contributed by atoms with Crippen LogP contribution in [0.3, 0.4) is 0 Å². The Bertz CT molecular complexity index is 4860. The van der Waals surface area contributed by atoms with Gasteiger partial charge in [-0.3, -0.25) is 68.0 Å². The summed E-state index contributed by atoms with van der Waals surface area (Å²) < 4.78 is 6.28. The van der Waals surface area contributed by atoms with Crippen LogP contribution in [0.2, 0.25) is 0 Å². The van der Waals surface area contributed by atoms with E-state index in [1.54, 1.807) is 26.8 Å². The number of nitrogens with one attached hydrogen (secondary N) is 8. The largest absolute Gasteiger partial charge is 0.455 e. The van der Waals surface area contributed by atoms with Gasteiger partial charge in [0, 0.05) is 63.9 Å². The molecule has 8 amide bonds. The quantitative estimate of drug-likeness (QED) is 0.0666. The number of carbonyl (C=O) groups excluding carboxylic acids is 12. The van der Waals surface area contributed by atoms with Crippen LogP contribution in [0, 0.1) is 11.8 Å². The lowest BCUT2D eigenvalue weighted by Crippen LogP contribution is -2.56. The first-order valence-corrected chi connectivity index (χ1v) is 40.2. The summed E-state index contributed by atoms with van der Waals surface area (Å²) in [4.78, 5) is 204. The molecule has 16 unspecified atom stereocenters. The molecule has 0 aromatic carbocycles. The number of aliphatic imine (C=N–C) groups is 2. The second kappa shape index (κ2) is 35.2. The number of hydrogen-bond donors (Lipinski definition) is 14. The number of ketones is 3. The van der Waals surface area contributed by atoms with E-state index in [-0.39, 0.29) is 94.7 Å². The predicted molar refractivity (Wildman–Crippen MR) is 418 cm³/mol. The Hall–Kier alpha value is -9.94. The van der Waals surface area contributed by atoms with Crippen LogP contribution >= 0.6 is 57.1 Å². The van der Waals surface area contributed by atoms with Crippen molar-refractivity contribution in [3.05, 3.63) is 148 Å². The summed E-state index contributed by atoms with van der Waals surface area (Å²) in [6, 6.07) is -8.01. The van der Waals surface area contributed by atoms with Crippen molar-refractivity contribution < 1.29 is 87.8 Å². The van der Waals surface area contributed by atoms with Gasteiger partial charge in [0.15, 0.2) is 11.6 Å². The molecule has 13 bridgehead atoms. The second-order valence-electron chi connectivity index (χ2n) is 28.6. The first kappa shape index (κ1) is 85.5. The molecule has 0 radical (unpaired) electrons. The molecular weight excluding hydrogens is 1560 g/mol. The molecule has 1 aliphatic carbocycles. The molecule has 113 heavy (non-hydrogen) atoms. The molecule has 15 N–H and O–H groups in total. The molecule has 9 heterocycles. The van der Waals surface area contributed by atoms with Gasteiger partial charge in [-0.2, -0.15) is 0 Å². The van der Waals surface area contributed by atoms with E-state index in [0.29, 0.717) is 0 Å². The molecule has 10 rings (SSSR count). The van der Waals surface area contributed by atoms with Crippen molar-refractivity contribution in [3.8, 4) is 0 Å². The highest BCUT2D eigenvalue weighted by Crippen LogP contribution is 2.52. The first-order valence-electron chi connectivity index (χ1n) is 35.7. The molecular formula is C74H86N16O18S5. The minimum atomic E-state index is -2.09. The maximum Gasteiger partial charge on any atom is 0.357 e. The molecule has 39 heteroatoms. The molecule has 34 nitrogen and oxygen atoms in total. The summed E-state index contributed by atoms with van der Waals surface area (Å²) in [7, 11) is 0. The Morgan fingerprint density at radius 1 is 0.779 bits per heavy atom. The van der Waals surface area contributed by atoms with Crippen molar-refractivity contribution in [2.75, 3.05) is 5.75 Å². The monoisotopic (exact) mass is 1650 g/mol. The molecule has 0 saturated carbocycles. The smallest absolute Gasteiger partial charge is 0.357 e. The summed E-state index contributed by atoms with van der Waals surface area (Å²) in [6.45, 7) is 25.3. The normalized spacial score (nSPS) is 27.0. The van der Waals surface area contributed by atoms with E-state index in [1.807, 2.05) is 0 Å². The number of aromatic nitrogens is 5. The highest BCUT2D eigenvalue weighted by Gasteiger charge is 2.51. The maximum absolute atomic E-state index is 15.6. The van der Waals surface area contributed by atoms with Crippen molar-refractivity contribution in [2.45, 2.75) is 191 Å². The number of hydrogen-bond acceptors (Lipinski definition) is 31. The molecule has 600 valence electrons. The third-order valence-electron chi connectivity index (χ3n) is 19.9. The number of aliphatic hydroxyl groups excluding tert-OH is 4. The number of primary amides is 1. The van der Waals surface area contributed by atoms with Crippen molar-refractivity contribution in [1.29, 1.82) is 0 Å². The van der Waals surface area contributed by atoms with E-state index in [1.165, 1.54) is 88.2 Å². The number of amides is 8. The lowest BCUT2D eigenvalue weighted by molar-refractivity contribution is -0.130. The van der Waals surface area contributed by atoms with Gasteiger partial charge in [-0.25, -0.2) is 29.7 Å². The van der Waals surface area contributed by atoms with Gasteiger partial charge in [0.25, 0.3) is 29.5 Å². The number of thiazole rings is 4. The lowest BCUT2D eigenvalue weighted by atomic mass is 9.68. The Balaban J connectivity index is 1.18. The van der Waals surface area contributed by atoms with Crippen LogP contribution in [-0.4, -0.2) is 192 Å². The summed E-state index contributed by atoms with van der Waals surface area (Å²) in [5.74, 6) is -13.5. The van der Waals surface area contributed by atoms with Gasteiger partial charge in [-0.05, 0) is 78.9 Å². The van der Waals surface area contributed by atoms with E-state index < -0.39 is 214 Å². The topological polar surface area (TPSA) is 527 Å². The Labute approximate surface area is 667 Å². The number of Topliss-reactive ketones (excluding diaryl/α,β-unsaturated/α-hetero) is 3. The summed E-state index contributed by atoms with van der Waals surface area (Å²) in [6.07, 6.45) is -4.76. The second-order valence-corrected chi connectivity index (χ2v) is 33.1. The van der Waals surface area contributed by atoms with E-state index in [4.69, 9.17) is 25.4 Å². The number of thioether (sulfide) groups is 1. The number of nitrogens with zero attached hydrogens (tertiary/aromatic N) is 7. The Kier molecular flexibility index (Phi) is 26.6. The van der Waals surface area contributed by atoms with Crippen LogP contribution in [0.1, 0.15) is 216 Å². The lowest BCUT2D eigenvalue weighted by Gasteiger charge is -2.40. The van der Waals surface area contributed by atoms with Crippen LogP contribution in [0.15, 0.2) is 92.2 Å². The zero-order chi connectivity index (χ0) is 82.7. The van der Waals surface area contributed by atoms with Crippen molar-refractivity contribution >= 4 is 145 Å². The van der Waals surface area contributed by atoms with Crippen molar-refractivity contribution in [3.63, 3.8) is 0 Å². The number of pyridine rings is 1. The molecule has 4 aliphatic heterocycles. The highest BCUT2D eigenvalue weighted by molar-refractivity contribution is 8.14. The van der Waals surface area contributed by atoms with Crippen molar-refractivity contribution in [1.82, 2.24) is 67.5 Å². The first-order chi connectivity index (χ1) is 53.2. The predicted octanol–water partition coefficient (Wildman–Crippen LogP) is 3.25. The van der Waals surface area contributed by atoms with E-state index >= 15 is 14.4 Å². The molecule has 16 atom stereocenters. The fraction of sp³-hybridized carbons (Fsp3) is 0.446. The highest BCUT2D eigenvalue weighted by atomic mass is 32.2. The molecule has 5 aromatic heterocycles. The van der Waals surface area contributed by atoms with Crippen molar-refractivity contribution in [2.24, 2.45) is 27.6 Å². The van der Waals surface area contributed by atoms with Gasteiger partial charge in [-0.1, -0.05) is 58.7 Å². The van der Waals surface area contributed by atoms with E-state index in [9.17, 15) is 68.7 Å². The third-order valence-corrected chi connectivity index (χ3v) is 24.9. The summed E-state index contributed by atoms with van der Waals surface area (Å²) in [5, 5.41) is 84.8. The number of fused-ring (bicyclic) bond motifs is 7. The number of nitrogens with two attached hydrogens (primary N) is 1. The Morgan fingerprint density at radius 2 is 1.47 bits per heavy atom. The van der Waals surface area contributed by atoms with Crippen LogP contribution in [0.25, 0.3) is 6.08 Å². The molecule has 0 spiro atoms. The fourth-order valence-corrected chi connectivity index (χ4v) is 18.0. The minimum absolute atomic E-state index is 0.0185. The standard InChI is InChI=1S/C74H86N16O18S5/c1-14-41-68-84-45(23-110-68)51(95)21-40(73(13,107)37(12)93)67-86-48(25-109-67)63(102)90-55-36(11)108-71(106)44-20-39(34(9)91)38-15-16-42(57(97)56(38)81-44)80-53(28(2)3)65(104)79-33(8)60(99)76-30(5)50(94)19-29(4)52(96)22-74(72-88-49(27-113-72)64(103)89-54(35(10)92)66(105)83-41)18-17-43(82-58(74)46-24-112-70(55)85-46)69-87-47(26-111-69)62(101)78-32(7)61(100)77-31(6)59(75)98/h14-16,20,24-29,33-37,40,42,45,53-55,57-58,80,91-93,97,107H,5-7,17-19,21-23H2,1-4,8-13H3,(H2,75,98)(H,76,99)(H,77,100)(H,78,101)(H,79,104)(H,83,105)(H,89,103)(H,90,102)/b41-14+. The Morgan fingerprint density at radius 3 is 2.14 bits per heavy atom. The van der Waals surface area contributed by atoms with Gasteiger partial charge < -0.3 is 73.2 Å². The van der Waals surface area contributed by atoms with Gasteiger partial charge in [0.05, 0.1) is 86.3 Å². The van der Waals surface area contributed by atoms with E-state index in [2.05, 4.69) is 82.2 Å². The number of rotatable bonds is 11. The summed E-state index contributed by atoms with van der Waals surface area (Å²) >= 11 is 4.71. The SMILES string of the molecule is C=C(NC(=O)C(=C)NC(=O)c1csc(C2=NC3c4csc(n4)C4NC(=O)c5csc(n5)C(C(C)(O)C(C)O)CC(=O)C5CSC(=N5)/C(=C\C)NC(=O)C(C(C)O)NC(=O)c5csc(n5)C3(CC2)CC(=O)C(C)CC(=O)C(=C)NC(=O)C(C)NC(=O)C(C(C)C)NC2C=Cc3c(C(C)O)cc(nc3C2O)C(=O)OC4C)n1)C(N)=O. The average Bonchev–Trinajstić information content (AvgIpc) is 1.66. The zero-order valence-electron chi connectivity index (χ0n) is 62.9.